The summed E-state index contributed by atoms with van der Waals surface area (Å²) in [5, 5.41) is 4.26. The highest BCUT2D eigenvalue weighted by Gasteiger charge is 2.16. The van der Waals surface area contributed by atoms with Crippen LogP contribution in [0.3, 0.4) is 0 Å². The lowest BCUT2D eigenvalue weighted by Crippen LogP contribution is -2.45. The molecule has 0 aliphatic carbocycles. The van der Waals surface area contributed by atoms with Crippen molar-refractivity contribution in [2.75, 3.05) is 53.2 Å². The first-order valence-corrected chi connectivity index (χ1v) is 10.6. The zero-order valence-electron chi connectivity index (χ0n) is 18.4. The molecule has 1 aromatic carbocycles. The first-order valence-electron chi connectivity index (χ1n) is 10.6. The molecule has 1 fully saturated rings. The Balaban J connectivity index is 1.58. The maximum absolute atomic E-state index is 12.9. The molecule has 0 saturated carbocycles. The van der Waals surface area contributed by atoms with Gasteiger partial charge in [0.1, 0.15) is 18.1 Å². The fraction of sp³-hybridized carbons (Fsp3) is 0.391. The summed E-state index contributed by atoms with van der Waals surface area (Å²) in [5.74, 6) is 0.936. The Morgan fingerprint density at radius 3 is 2.44 bits per heavy atom. The molecular weight excluding hydrogens is 413 g/mol. The average Bonchev–Trinajstić information content (AvgIpc) is 3.22. The quantitative estimate of drug-likeness (QED) is 0.534. The lowest BCUT2D eigenvalue weighted by atomic mass is 10.1. The molecule has 0 amide bonds. The first kappa shape index (κ1) is 22.0. The minimum atomic E-state index is -0.898. The van der Waals surface area contributed by atoms with Gasteiger partial charge in [0.25, 0.3) is 5.56 Å². The van der Waals surface area contributed by atoms with Crippen LogP contribution < -0.4 is 15.0 Å². The first-order chi connectivity index (χ1) is 15.5. The van der Waals surface area contributed by atoms with Crippen LogP contribution in [-0.4, -0.2) is 77.4 Å². The van der Waals surface area contributed by atoms with Crippen molar-refractivity contribution >= 4 is 0 Å². The van der Waals surface area contributed by atoms with E-state index >= 15 is 0 Å². The molecule has 4 rings (SSSR count). The zero-order chi connectivity index (χ0) is 22.5. The number of aromatic nitrogens is 3. The van der Waals surface area contributed by atoms with Crippen LogP contribution in [0, 0.1) is 0 Å². The van der Waals surface area contributed by atoms with Gasteiger partial charge in [0, 0.05) is 75.0 Å². The van der Waals surface area contributed by atoms with Gasteiger partial charge < -0.3 is 14.4 Å². The molecular formula is C23H28FN5O3. The summed E-state index contributed by atoms with van der Waals surface area (Å²) in [4.78, 5) is 17.6. The maximum Gasteiger partial charge on any atom is 0.258 e. The van der Waals surface area contributed by atoms with Crippen molar-refractivity contribution in [3.05, 3.63) is 59.3 Å². The molecule has 0 radical (unpaired) electrons. The van der Waals surface area contributed by atoms with E-state index in [1.54, 1.807) is 41.3 Å². The molecule has 0 atom stereocenters. The second-order valence-corrected chi connectivity index (χ2v) is 7.90. The van der Waals surface area contributed by atoms with Gasteiger partial charge in [-0.2, -0.15) is 5.10 Å². The number of hydrogen-bond acceptors (Lipinski definition) is 6. The predicted octanol–water partition coefficient (Wildman–Crippen LogP) is 2.17. The van der Waals surface area contributed by atoms with E-state index < -0.39 is 6.86 Å². The van der Waals surface area contributed by atoms with Gasteiger partial charge in [-0.25, -0.2) is 4.39 Å². The van der Waals surface area contributed by atoms with Crippen molar-refractivity contribution < 1.29 is 13.9 Å². The van der Waals surface area contributed by atoms with Crippen LogP contribution in [0.5, 0.6) is 11.5 Å². The van der Waals surface area contributed by atoms with Gasteiger partial charge in [-0.3, -0.25) is 18.9 Å². The summed E-state index contributed by atoms with van der Waals surface area (Å²) < 4.78 is 26.6. The van der Waals surface area contributed by atoms with E-state index in [1.807, 2.05) is 13.2 Å². The van der Waals surface area contributed by atoms with Gasteiger partial charge in [-0.15, -0.1) is 0 Å². The van der Waals surface area contributed by atoms with Gasteiger partial charge in [0.05, 0.1) is 6.20 Å². The number of ether oxygens (including phenoxy) is 2. The van der Waals surface area contributed by atoms with Gasteiger partial charge in [0.15, 0.2) is 0 Å². The molecule has 32 heavy (non-hydrogen) atoms. The van der Waals surface area contributed by atoms with Crippen LogP contribution in [0.25, 0.3) is 16.8 Å². The summed E-state index contributed by atoms with van der Waals surface area (Å²) in [5.41, 5.74) is 2.06. The van der Waals surface area contributed by atoms with Gasteiger partial charge in [-0.1, -0.05) is 0 Å². The second-order valence-electron chi connectivity index (χ2n) is 7.90. The molecule has 3 aromatic rings. The molecule has 170 valence electrons. The number of benzene rings is 1. The third-order valence-electron chi connectivity index (χ3n) is 5.63. The molecule has 1 aliphatic heterocycles. The smallest absolute Gasteiger partial charge is 0.258 e. The number of hydrogen-bond donors (Lipinski definition) is 0. The summed E-state index contributed by atoms with van der Waals surface area (Å²) in [6, 6.07) is 8.20. The summed E-state index contributed by atoms with van der Waals surface area (Å²) in [6.07, 6.45) is 5.39. The summed E-state index contributed by atoms with van der Waals surface area (Å²) in [6.45, 7) is 4.52. The number of halogens is 1. The molecule has 0 bridgehead atoms. The second kappa shape index (κ2) is 9.97. The Morgan fingerprint density at radius 1 is 1.03 bits per heavy atom. The maximum atomic E-state index is 12.9. The van der Waals surface area contributed by atoms with Crippen molar-refractivity contribution in [1.82, 2.24) is 24.1 Å². The minimum Gasteiger partial charge on any atom is -0.491 e. The lowest BCUT2D eigenvalue weighted by Gasteiger charge is -2.32. The number of alkyl halides is 1. The Kier molecular flexibility index (Phi) is 6.87. The third-order valence-corrected chi connectivity index (χ3v) is 5.63. The largest absolute Gasteiger partial charge is 0.491 e. The van der Waals surface area contributed by atoms with E-state index in [-0.39, 0.29) is 5.56 Å². The molecule has 9 heteroatoms. The highest BCUT2D eigenvalue weighted by molar-refractivity contribution is 5.68. The Bertz CT molecular complexity index is 1090. The zero-order valence-corrected chi connectivity index (χ0v) is 18.4. The monoisotopic (exact) mass is 441 g/mol. The molecule has 2 aromatic heterocycles. The fourth-order valence-electron chi connectivity index (χ4n) is 3.74. The van der Waals surface area contributed by atoms with Gasteiger partial charge in [-0.05, 0) is 31.3 Å². The van der Waals surface area contributed by atoms with E-state index in [9.17, 15) is 9.18 Å². The van der Waals surface area contributed by atoms with E-state index in [1.165, 1.54) is 10.6 Å². The van der Waals surface area contributed by atoms with Crippen molar-refractivity contribution in [3.63, 3.8) is 0 Å². The number of aryl methyl sites for hydroxylation is 1. The molecule has 3 heterocycles. The topological polar surface area (TPSA) is 64.8 Å². The summed E-state index contributed by atoms with van der Waals surface area (Å²) in [7, 11) is 3.97. The van der Waals surface area contributed by atoms with Crippen LogP contribution in [0.2, 0.25) is 0 Å². The van der Waals surface area contributed by atoms with Gasteiger partial charge in [0.2, 0.25) is 6.86 Å². The van der Waals surface area contributed by atoms with Crippen molar-refractivity contribution in [1.29, 1.82) is 0 Å². The Morgan fingerprint density at radius 2 is 1.78 bits per heavy atom. The number of pyridine rings is 1. The van der Waals surface area contributed by atoms with Crippen LogP contribution in [0.4, 0.5) is 4.39 Å². The Hall–Kier alpha value is -3.17. The van der Waals surface area contributed by atoms with Crippen LogP contribution in [0.1, 0.15) is 0 Å². The van der Waals surface area contributed by atoms with Crippen LogP contribution >= 0.6 is 0 Å². The molecule has 0 unspecified atom stereocenters. The van der Waals surface area contributed by atoms with Gasteiger partial charge >= 0.3 is 0 Å². The molecule has 0 N–H and O–H groups in total. The normalized spacial score (nSPS) is 15.1. The molecule has 1 aliphatic rings. The highest BCUT2D eigenvalue weighted by Crippen LogP contribution is 2.29. The average molecular weight is 442 g/mol. The number of nitrogens with zero attached hydrogens (tertiary/aromatic N) is 5. The standard InChI is InChI=1S/C23H28FN5O3/c1-26-7-9-28(10-8-26)11-12-31-22-13-23(30)29(16-21(22)18-14-25-27(2)15-18)19-3-5-20(6-4-19)32-17-24/h3-6,13-16H,7-12,17H2,1-2H3. The van der Waals surface area contributed by atoms with Crippen molar-refractivity contribution in [3.8, 4) is 28.3 Å². The lowest BCUT2D eigenvalue weighted by molar-refractivity contribution is 0.134. The van der Waals surface area contributed by atoms with E-state index in [0.29, 0.717) is 23.8 Å². The van der Waals surface area contributed by atoms with Crippen molar-refractivity contribution in [2.45, 2.75) is 0 Å². The summed E-state index contributed by atoms with van der Waals surface area (Å²) >= 11 is 0. The van der Waals surface area contributed by atoms with Crippen molar-refractivity contribution in [2.24, 2.45) is 7.05 Å². The molecule has 1 saturated heterocycles. The molecule has 8 nitrogen and oxygen atoms in total. The Labute approximate surface area is 186 Å². The number of likely N-dealkylation sites (N-methyl/N-ethyl adjacent to an activating group) is 1. The third kappa shape index (κ3) is 5.17. The SMILES string of the molecule is CN1CCN(CCOc2cc(=O)n(-c3ccc(OCF)cc3)cc2-c2cnn(C)c2)CC1. The van der Waals surface area contributed by atoms with E-state index in [4.69, 9.17) is 9.47 Å². The van der Waals surface area contributed by atoms with E-state index in [2.05, 4.69) is 21.9 Å². The predicted molar refractivity (Wildman–Crippen MR) is 120 cm³/mol. The minimum absolute atomic E-state index is 0.216. The van der Waals surface area contributed by atoms with Crippen LogP contribution in [-0.2, 0) is 7.05 Å². The van der Waals surface area contributed by atoms with Crippen LogP contribution in [0.15, 0.2) is 53.7 Å². The highest BCUT2D eigenvalue weighted by atomic mass is 19.1. The molecule has 0 spiro atoms. The number of piperazine rings is 1. The number of rotatable bonds is 8. The van der Waals surface area contributed by atoms with E-state index in [0.717, 1.165) is 43.9 Å². The fourth-order valence-corrected chi connectivity index (χ4v) is 3.74.